The van der Waals surface area contributed by atoms with Crippen LogP contribution in [0.2, 0.25) is 0 Å². The highest BCUT2D eigenvalue weighted by Gasteiger charge is 2.37. The Hall–Kier alpha value is -1.91. The molecule has 0 saturated heterocycles. The largest absolute Gasteiger partial charge is 0.465 e. The first-order valence-electron chi connectivity index (χ1n) is 7.30. The monoisotopic (exact) mass is 291 g/mol. The van der Waals surface area contributed by atoms with E-state index in [4.69, 9.17) is 4.74 Å². The molecule has 0 bridgehead atoms. The zero-order valence-electron chi connectivity index (χ0n) is 12.8. The van der Waals surface area contributed by atoms with Crippen LogP contribution in [0.15, 0.2) is 16.9 Å². The zero-order chi connectivity index (χ0) is 15.6. The van der Waals surface area contributed by atoms with Gasteiger partial charge in [-0.25, -0.2) is 0 Å². The fraction of sp³-hybridized carbons (Fsp3) is 0.562. The van der Waals surface area contributed by atoms with Gasteiger partial charge >= 0.3 is 5.97 Å². The average molecular weight is 291 g/mol. The van der Waals surface area contributed by atoms with Gasteiger partial charge in [-0.2, -0.15) is 0 Å². The molecule has 1 aromatic rings. The number of carbonyl (C=O) groups is 2. The van der Waals surface area contributed by atoms with E-state index < -0.39 is 11.4 Å². The molecule has 2 rings (SSSR count). The van der Waals surface area contributed by atoms with Gasteiger partial charge in [0.1, 0.15) is 5.41 Å². The van der Waals surface area contributed by atoms with Crippen LogP contribution in [0.25, 0.3) is 0 Å². The molecule has 0 atom stereocenters. The van der Waals surface area contributed by atoms with Crippen molar-refractivity contribution >= 4 is 11.8 Å². The molecule has 1 aliphatic rings. The molecule has 114 valence electrons. The number of aromatic nitrogens is 1. The Labute approximate surface area is 123 Å². The van der Waals surface area contributed by atoms with Gasteiger partial charge in [-0.05, 0) is 45.6 Å². The van der Waals surface area contributed by atoms with Crippen LogP contribution < -0.4 is 5.56 Å². The molecule has 0 unspecified atom stereocenters. The first-order valence-corrected chi connectivity index (χ1v) is 7.30. The van der Waals surface area contributed by atoms with Crippen LogP contribution in [0.1, 0.15) is 38.4 Å². The maximum Gasteiger partial charge on any atom is 0.319 e. The van der Waals surface area contributed by atoms with E-state index in [0.717, 1.165) is 30.5 Å². The number of aryl methyl sites for hydroxylation is 1. The number of hydrogen-bond acceptors (Lipinski definition) is 4. The van der Waals surface area contributed by atoms with E-state index in [1.807, 2.05) is 6.07 Å². The van der Waals surface area contributed by atoms with Gasteiger partial charge in [0.15, 0.2) is 5.78 Å². The molecule has 0 radical (unpaired) electrons. The van der Waals surface area contributed by atoms with E-state index >= 15 is 0 Å². The van der Waals surface area contributed by atoms with Crippen LogP contribution in [0.5, 0.6) is 0 Å². The second-order valence-electron chi connectivity index (χ2n) is 5.85. The summed E-state index contributed by atoms with van der Waals surface area (Å²) < 4.78 is 6.45. The normalized spacial score (nSPS) is 13.9. The highest BCUT2D eigenvalue weighted by atomic mass is 16.5. The highest BCUT2D eigenvalue weighted by molar-refractivity contribution is 6.02. The number of esters is 1. The van der Waals surface area contributed by atoms with Gasteiger partial charge in [-0.1, -0.05) is 6.07 Å². The van der Waals surface area contributed by atoms with Crippen molar-refractivity contribution in [2.24, 2.45) is 5.41 Å². The Morgan fingerprint density at radius 3 is 2.67 bits per heavy atom. The number of ether oxygens (including phenoxy) is 1. The minimum absolute atomic E-state index is 0.0756. The Morgan fingerprint density at radius 2 is 2.00 bits per heavy atom. The SMILES string of the molecule is CCOC(=O)C(C)(C)C(=O)Cn1c2c(ccc1=O)CCC2. The Bertz CT molecular complexity index is 628. The number of ketones is 1. The van der Waals surface area contributed by atoms with Crippen LogP contribution >= 0.6 is 0 Å². The number of rotatable bonds is 5. The summed E-state index contributed by atoms with van der Waals surface area (Å²) in [6, 6.07) is 3.33. The molecule has 0 aliphatic heterocycles. The quantitative estimate of drug-likeness (QED) is 0.609. The van der Waals surface area contributed by atoms with Crippen molar-refractivity contribution < 1.29 is 14.3 Å². The molecule has 1 aromatic heterocycles. The standard InChI is InChI=1S/C16H21NO4/c1-4-21-15(20)16(2,3)13(18)10-17-12-7-5-6-11(12)8-9-14(17)19/h8-9H,4-7,10H2,1-3H3. The minimum Gasteiger partial charge on any atom is -0.465 e. The maximum absolute atomic E-state index is 12.4. The molecule has 0 fully saturated rings. The lowest BCUT2D eigenvalue weighted by Crippen LogP contribution is -2.39. The van der Waals surface area contributed by atoms with Gasteiger partial charge < -0.3 is 9.30 Å². The molecule has 0 aromatic carbocycles. The lowest BCUT2D eigenvalue weighted by molar-refractivity contribution is -0.158. The Balaban J connectivity index is 2.27. The topological polar surface area (TPSA) is 65.4 Å². The first kappa shape index (κ1) is 15.5. The summed E-state index contributed by atoms with van der Waals surface area (Å²) in [5, 5.41) is 0. The van der Waals surface area contributed by atoms with Gasteiger partial charge in [0, 0.05) is 11.8 Å². The molecule has 0 spiro atoms. The van der Waals surface area contributed by atoms with Gasteiger partial charge in [-0.3, -0.25) is 14.4 Å². The van der Waals surface area contributed by atoms with E-state index in [-0.39, 0.29) is 24.5 Å². The summed E-state index contributed by atoms with van der Waals surface area (Å²) in [4.78, 5) is 36.4. The number of pyridine rings is 1. The molecule has 5 heteroatoms. The predicted octanol–water partition coefficient (Wildman–Crippen LogP) is 1.50. The fourth-order valence-corrected chi connectivity index (χ4v) is 2.57. The second-order valence-corrected chi connectivity index (χ2v) is 5.85. The van der Waals surface area contributed by atoms with E-state index in [9.17, 15) is 14.4 Å². The van der Waals surface area contributed by atoms with E-state index in [2.05, 4.69) is 0 Å². The summed E-state index contributed by atoms with van der Waals surface area (Å²) in [6.45, 7) is 4.94. The lowest BCUT2D eigenvalue weighted by Gasteiger charge is -2.22. The number of carbonyl (C=O) groups excluding carboxylic acids is 2. The van der Waals surface area contributed by atoms with Gasteiger partial charge in [0.2, 0.25) is 0 Å². The summed E-state index contributed by atoms with van der Waals surface area (Å²) in [7, 11) is 0. The van der Waals surface area contributed by atoms with Crippen molar-refractivity contribution in [3.63, 3.8) is 0 Å². The summed E-state index contributed by atoms with van der Waals surface area (Å²) in [6.07, 6.45) is 2.73. The third-order valence-corrected chi connectivity index (χ3v) is 4.03. The van der Waals surface area contributed by atoms with Crippen molar-refractivity contribution in [3.8, 4) is 0 Å². The van der Waals surface area contributed by atoms with Crippen LogP contribution in [0.3, 0.4) is 0 Å². The number of nitrogens with zero attached hydrogens (tertiary/aromatic N) is 1. The van der Waals surface area contributed by atoms with Crippen molar-refractivity contribution in [3.05, 3.63) is 33.7 Å². The van der Waals surface area contributed by atoms with Crippen molar-refractivity contribution in [1.29, 1.82) is 0 Å². The molecule has 1 heterocycles. The zero-order valence-corrected chi connectivity index (χ0v) is 12.8. The van der Waals surface area contributed by atoms with Crippen LogP contribution in [0, 0.1) is 5.41 Å². The molecule has 0 saturated carbocycles. The minimum atomic E-state index is -1.24. The number of fused-ring (bicyclic) bond motifs is 1. The smallest absolute Gasteiger partial charge is 0.319 e. The molecule has 5 nitrogen and oxygen atoms in total. The molecule has 21 heavy (non-hydrogen) atoms. The van der Waals surface area contributed by atoms with Crippen LogP contribution in [-0.2, 0) is 33.7 Å². The Kier molecular flexibility index (Phi) is 4.30. The number of hydrogen-bond donors (Lipinski definition) is 0. The average Bonchev–Trinajstić information content (AvgIpc) is 2.90. The summed E-state index contributed by atoms with van der Waals surface area (Å²) in [5.74, 6) is -0.848. The maximum atomic E-state index is 12.4. The molecular weight excluding hydrogens is 270 g/mol. The van der Waals surface area contributed by atoms with Gasteiger partial charge in [0.25, 0.3) is 5.56 Å². The first-order chi connectivity index (χ1) is 9.87. The summed E-state index contributed by atoms with van der Waals surface area (Å²) in [5.41, 5.74) is 0.618. The molecular formula is C16H21NO4. The van der Waals surface area contributed by atoms with Crippen molar-refractivity contribution in [1.82, 2.24) is 4.57 Å². The van der Waals surface area contributed by atoms with Crippen molar-refractivity contribution in [2.75, 3.05) is 6.61 Å². The van der Waals surface area contributed by atoms with E-state index in [0.29, 0.717) is 0 Å². The summed E-state index contributed by atoms with van der Waals surface area (Å²) >= 11 is 0. The van der Waals surface area contributed by atoms with Crippen molar-refractivity contribution in [2.45, 2.75) is 46.6 Å². The third-order valence-electron chi connectivity index (χ3n) is 4.03. The third kappa shape index (κ3) is 2.91. The fourth-order valence-electron chi connectivity index (χ4n) is 2.57. The highest BCUT2D eigenvalue weighted by Crippen LogP contribution is 2.23. The molecule has 0 N–H and O–H groups in total. The second kappa shape index (κ2) is 5.84. The van der Waals surface area contributed by atoms with Crippen LogP contribution in [-0.4, -0.2) is 22.9 Å². The lowest BCUT2D eigenvalue weighted by atomic mass is 9.88. The van der Waals surface area contributed by atoms with Crippen LogP contribution in [0.4, 0.5) is 0 Å². The van der Waals surface area contributed by atoms with Gasteiger partial charge in [0.05, 0.1) is 13.2 Å². The van der Waals surface area contributed by atoms with E-state index in [1.54, 1.807) is 20.8 Å². The predicted molar refractivity (Wildman–Crippen MR) is 78.1 cm³/mol. The molecule has 1 aliphatic carbocycles. The number of Topliss-reactive ketones (excluding diaryl/α,β-unsaturated/α-hetero) is 1. The molecule has 0 amide bonds. The Morgan fingerprint density at radius 1 is 1.29 bits per heavy atom. The van der Waals surface area contributed by atoms with E-state index in [1.165, 1.54) is 10.6 Å². The van der Waals surface area contributed by atoms with Gasteiger partial charge in [-0.15, -0.1) is 0 Å².